The minimum absolute atomic E-state index is 0.0875. The number of guanidine groups is 1. The number of quaternary nitrogens is 1. The van der Waals surface area contributed by atoms with Crippen LogP contribution < -0.4 is 21.4 Å². The first kappa shape index (κ1) is 13.2. The highest BCUT2D eigenvalue weighted by Crippen LogP contribution is 2.40. The van der Waals surface area contributed by atoms with Crippen LogP contribution in [0.5, 0.6) is 0 Å². The Bertz CT molecular complexity index is 570. The summed E-state index contributed by atoms with van der Waals surface area (Å²) in [4.78, 5) is 25.6. The van der Waals surface area contributed by atoms with Gasteiger partial charge in [-0.2, -0.15) is 5.32 Å². The molecule has 1 aromatic rings. The number of anilines is 1. The van der Waals surface area contributed by atoms with E-state index in [0.717, 1.165) is 11.3 Å². The maximum atomic E-state index is 12.3. The number of hydrogen-bond donors (Lipinski definition) is 3. The fourth-order valence-corrected chi connectivity index (χ4v) is 2.42. The lowest BCUT2D eigenvalue weighted by Gasteiger charge is -2.20. The van der Waals surface area contributed by atoms with Gasteiger partial charge in [0.1, 0.15) is 5.41 Å². The standard InChI is InChI=1S/C13H16N4O2/c1-8(18)17-7-13(2,11(19)16-12(14)15)9-5-3-4-6-10(9)17/h3-6H,7H2,1-2H3,(H4,14,15,16,19)/p+2. The van der Waals surface area contributed by atoms with E-state index in [-0.39, 0.29) is 17.8 Å². The molecule has 1 heterocycles. The second kappa shape index (κ2) is 4.47. The molecule has 19 heavy (non-hydrogen) atoms. The maximum Gasteiger partial charge on any atom is 0.442 e. The Morgan fingerprint density at radius 1 is 1.42 bits per heavy atom. The van der Waals surface area contributed by atoms with Gasteiger partial charge in [0.15, 0.2) is 0 Å². The van der Waals surface area contributed by atoms with Crippen molar-refractivity contribution in [1.29, 1.82) is 0 Å². The minimum atomic E-state index is -0.815. The number of carbonyl (C=O) groups is 2. The zero-order valence-corrected chi connectivity index (χ0v) is 11.1. The molecule has 2 rings (SSSR count). The van der Waals surface area contributed by atoms with Crippen molar-refractivity contribution in [3.63, 3.8) is 0 Å². The highest BCUT2D eigenvalue weighted by atomic mass is 16.2. The van der Waals surface area contributed by atoms with Gasteiger partial charge in [0.25, 0.3) is 0 Å². The molecule has 1 aromatic carbocycles. The first-order valence-electron chi connectivity index (χ1n) is 5.99. The third-order valence-electron chi connectivity index (χ3n) is 3.42. The first-order valence-corrected chi connectivity index (χ1v) is 5.99. The van der Waals surface area contributed by atoms with Crippen LogP contribution in [-0.4, -0.2) is 24.3 Å². The Hall–Kier alpha value is -2.21. The fourth-order valence-electron chi connectivity index (χ4n) is 2.42. The molecule has 0 saturated carbocycles. The van der Waals surface area contributed by atoms with Crippen molar-refractivity contribution in [3.8, 4) is 0 Å². The van der Waals surface area contributed by atoms with Gasteiger partial charge in [0, 0.05) is 19.2 Å². The van der Waals surface area contributed by atoms with Gasteiger partial charge >= 0.3 is 11.9 Å². The zero-order valence-electron chi connectivity index (χ0n) is 11.1. The van der Waals surface area contributed by atoms with Gasteiger partial charge < -0.3 is 4.90 Å². The number of benzene rings is 1. The van der Waals surface area contributed by atoms with Crippen LogP contribution in [0.3, 0.4) is 0 Å². The lowest BCUT2D eigenvalue weighted by molar-refractivity contribution is -0.308. The molecule has 0 spiro atoms. The average molecular weight is 262 g/mol. The van der Waals surface area contributed by atoms with Crippen LogP contribution in [0.15, 0.2) is 24.3 Å². The van der Waals surface area contributed by atoms with Crippen LogP contribution in [0.2, 0.25) is 0 Å². The highest BCUT2D eigenvalue weighted by molar-refractivity contribution is 6.04. The highest BCUT2D eigenvalue weighted by Gasteiger charge is 2.48. The lowest BCUT2D eigenvalue weighted by Crippen LogP contribution is -2.78. The van der Waals surface area contributed by atoms with E-state index in [4.69, 9.17) is 5.41 Å². The van der Waals surface area contributed by atoms with Crippen molar-refractivity contribution >= 4 is 23.5 Å². The van der Waals surface area contributed by atoms with Gasteiger partial charge in [-0.1, -0.05) is 18.2 Å². The lowest BCUT2D eigenvalue weighted by atomic mass is 9.83. The van der Waals surface area contributed by atoms with Gasteiger partial charge in [-0.3, -0.25) is 10.5 Å². The molecule has 6 heteroatoms. The summed E-state index contributed by atoms with van der Waals surface area (Å²) in [6, 6.07) is 7.40. The summed E-state index contributed by atoms with van der Waals surface area (Å²) in [6.07, 6.45) is 0. The number of nitrogens with zero attached hydrogens (tertiary/aromatic N) is 1. The summed E-state index contributed by atoms with van der Waals surface area (Å²) in [5.74, 6) is -0.239. The van der Waals surface area contributed by atoms with E-state index in [1.807, 2.05) is 24.3 Å². The molecule has 6 N–H and O–H groups in total. The molecule has 2 amide bonds. The molecule has 6 nitrogen and oxygen atoms in total. The van der Waals surface area contributed by atoms with Gasteiger partial charge in [-0.25, -0.2) is 10.2 Å². The monoisotopic (exact) mass is 262 g/mol. The van der Waals surface area contributed by atoms with Gasteiger partial charge in [-0.15, -0.1) is 0 Å². The zero-order chi connectivity index (χ0) is 14.2. The van der Waals surface area contributed by atoms with Crippen LogP contribution in [-0.2, 0) is 15.0 Å². The number of hydrogen-bond acceptors (Lipinski definition) is 2. The molecule has 0 radical (unpaired) electrons. The molecule has 0 bridgehead atoms. The third-order valence-corrected chi connectivity index (χ3v) is 3.42. The molecular weight excluding hydrogens is 244 g/mol. The van der Waals surface area contributed by atoms with E-state index >= 15 is 0 Å². The average Bonchev–Trinajstić information content (AvgIpc) is 2.65. The summed E-state index contributed by atoms with van der Waals surface area (Å²) in [6.45, 7) is 3.59. The van der Waals surface area contributed by atoms with Crippen molar-refractivity contribution in [2.24, 2.45) is 0 Å². The molecule has 0 saturated heterocycles. The molecule has 1 unspecified atom stereocenters. The van der Waals surface area contributed by atoms with Crippen LogP contribution in [0.4, 0.5) is 5.69 Å². The second-order valence-electron chi connectivity index (χ2n) is 4.93. The molecule has 1 aliphatic heterocycles. The largest absolute Gasteiger partial charge is 0.442 e. The third kappa shape index (κ3) is 2.10. The van der Waals surface area contributed by atoms with E-state index in [9.17, 15) is 9.59 Å². The summed E-state index contributed by atoms with van der Waals surface area (Å²) in [5.41, 5.74) is 4.25. The number of carbonyl (C=O) groups excluding carboxylic acids is 2. The molecule has 100 valence electrons. The van der Waals surface area contributed by atoms with Gasteiger partial charge in [0.2, 0.25) is 5.91 Å². The van der Waals surface area contributed by atoms with E-state index in [2.05, 4.69) is 11.1 Å². The normalized spacial score (nSPS) is 20.9. The minimum Gasteiger partial charge on any atom is -0.311 e. The molecular formula is C13H18N4O2+2. The summed E-state index contributed by atoms with van der Waals surface area (Å²) < 4.78 is 0. The number of nitrogens with one attached hydrogen (secondary N) is 1. The van der Waals surface area contributed by atoms with Crippen LogP contribution >= 0.6 is 0 Å². The molecule has 0 aliphatic carbocycles. The summed E-state index contributed by atoms with van der Waals surface area (Å²) >= 11 is 0. The quantitative estimate of drug-likeness (QED) is 0.394. The van der Waals surface area contributed by atoms with Crippen molar-refractivity contribution in [2.45, 2.75) is 19.3 Å². The summed E-state index contributed by atoms with van der Waals surface area (Å²) in [7, 11) is 0. The first-order chi connectivity index (χ1) is 8.86. The number of rotatable bonds is 1. The van der Waals surface area contributed by atoms with Crippen molar-refractivity contribution in [3.05, 3.63) is 29.8 Å². The number of nitrogens with two attached hydrogens (primary N) is 1. The van der Waals surface area contributed by atoms with Crippen LogP contribution in [0, 0.1) is 0 Å². The van der Waals surface area contributed by atoms with E-state index < -0.39 is 5.41 Å². The van der Waals surface area contributed by atoms with Crippen molar-refractivity contribution in [2.75, 3.05) is 11.4 Å². The SMILES string of the molecule is CC(=O)N1CC(C)(C(=O)NC(=[NH2+])[NH3+])c2ccccc21. The number of fused-ring (bicyclic) bond motifs is 1. The van der Waals surface area contributed by atoms with E-state index in [1.165, 1.54) is 6.92 Å². The van der Waals surface area contributed by atoms with Crippen molar-refractivity contribution < 1.29 is 20.7 Å². The Balaban J connectivity index is 2.47. The van der Waals surface area contributed by atoms with Crippen molar-refractivity contribution in [1.82, 2.24) is 5.32 Å². The predicted octanol–water partition coefficient (Wildman–Crippen LogP) is -2.22. The Morgan fingerprint density at radius 3 is 2.63 bits per heavy atom. The van der Waals surface area contributed by atoms with E-state index in [0.29, 0.717) is 6.54 Å². The summed E-state index contributed by atoms with van der Waals surface area (Å²) in [5, 5.41) is 7.96. The Morgan fingerprint density at radius 2 is 2.05 bits per heavy atom. The maximum absolute atomic E-state index is 12.3. The fraction of sp³-hybridized carbons (Fsp3) is 0.308. The number of para-hydroxylation sites is 1. The van der Waals surface area contributed by atoms with Crippen LogP contribution in [0.1, 0.15) is 19.4 Å². The second-order valence-corrected chi connectivity index (χ2v) is 4.93. The van der Waals surface area contributed by atoms with E-state index in [1.54, 1.807) is 11.8 Å². The topological polar surface area (TPSA) is 103 Å². The number of amides is 2. The molecule has 0 aromatic heterocycles. The van der Waals surface area contributed by atoms with Gasteiger partial charge in [-0.05, 0) is 18.6 Å². The smallest absolute Gasteiger partial charge is 0.311 e. The predicted molar refractivity (Wildman–Crippen MR) is 69.8 cm³/mol. The van der Waals surface area contributed by atoms with Crippen LogP contribution in [0.25, 0.3) is 0 Å². The molecule has 1 aliphatic rings. The van der Waals surface area contributed by atoms with Gasteiger partial charge in [0.05, 0.1) is 0 Å². The Kier molecular flexibility index (Phi) is 3.11. The Labute approximate surface area is 111 Å². The molecule has 0 fully saturated rings. The molecule has 1 atom stereocenters.